The van der Waals surface area contributed by atoms with Crippen LogP contribution in [-0.4, -0.2) is 15.7 Å². The van der Waals surface area contributed by atoms with Crippen molar-refractivity contribution in [2.75, 3.05) is 0 Å². The van der Waals surface area contributed by atoms with Crippen molar-refractivity contribution in [2.24, 2.45) is 0 Å². The summed E-state index contributed by atoms with van der Waals surface area (Å²) in [5, 5.41) is 16.2. The molecule has 0 aliphatic rings. The summed E-state index contributed by atoms with van der Waals surface area (Å²) in [6, 6.07) is 19.9. The van der Waals surface area contributed by atoms with Crippen molar-refractivity contribution < 1.29 is 9.53 Å². The number of hydrogen-bond acceptors (Lipinski definition) is 4. The average Bonchev–Trinajstić information content (AvgIpc) is 3.06. The molecule has 3 aromatic rings. The fourth-order valence-corrected chi connectivity index (χ4v) is 3.48. The monoisotopic (exact) mass is 416 g/mol. The van der Waals surface area contributed by atoms with E-state index >= 15 is 0 Å². The van der Waals surface area contributed by atoms with Gasteiger partial charge < -0.3 is 10.1 Å². The molecule has 1 amide bonds. The van der Waals surface area contributed by atoms with Gasteiger partial charge in [0.1, 0.15) is 12.4 Å². The summed E-state index contributed by atoms with van der Waals surface area (Å²) < 4.78 is 7.71. The highest BCUT2D eigenvalue weighted by Gasteiger charge is 2.13. The lowest BCUT2D eigenvalue weighted by atomic mass is 10.1. The highest BCUT2D eigenvalue weighted by atomic mass is 16.5. The summed E-state index contributed by atoms with van der Waals surface area (Å²) in [5.74, 6) is 0.783. The molecule has 0 radical (unpaired) electrons. The molecule has 6 nitrogen and oxygen atoms in total. The molecule has 1 heterocycles. The number of benzene rings is 2. The zero-order valence-corrected chi connectivity index (χ0v) is 18.1. The molecule has 2 aromatic carbocycles. The van der Waals surface area contributed by atoms with Gasteiger partial charge in [0.05, 0.1) is 24.7 Å². The molecule has 0 aliphatic heterocycles. The van der Waals surface area contributed by atoms with Crippen LogP contribution in [0.4, 0.5) is 0 Å². The number of aryl methyl sites for hydroxylation is 2. The van der Waals surface area contributed by atoms with Crippen molar-refractivity contribution in [3.63, 3.8) is 0 Å². The predicted molar refractivity (Wildman–Crippen MR) is 119 cm³/mol. The third-order valence-electron chi connectivity index (χ3n) is 5.21. The van der Waals surface area contributed by atoms with Gasteiger partial charge in [0.25, 0.3) is 0 Å². The van der Waals surface area contributed by atoms with E-state index in [9.17, 15) is 4.79 Å². The Morgan fingerprint density at radius 2 is 1.90 bits per heavy atom. The molecule has 0 fully saturated rings. The van der Waals surface area contributed by atoms with Crippen molar-refractivity contribution >= 4 is 5.91 Å². The molecule has 0 spiro atoms. The van der Waals surface area contributed by atoms with Crippen LogP contribution in [0.25, 0.3) is 0 Å². The fraction of sp³-hybridized carbons (Fsp3) is 0.320. The number of amides is 1. The van der Waals surface area contributed by atoms with Gasteiger partial charge in [0, 0.05) is 18.7 Å². The van der Waals surface area contributed by atoms with Gasteiger partial charge >= 0.3 is 0 Å². The third-order valence-corrected chi connectivity index (χ3v) is 5.21. The van der Waals surface area contributed by atoms with Gasteiger partial charge in [-0.25, -0.2) is 0 Å². The fourth-order valence-electron chi connectivity index (χ4n) is 3.48. The first-order chi connectivity index (χ1) is 15.1. The zero-order chi connectivity index (χ0) is 22.1. The largest absolute Gasteiger partial charge is 0.489 e. The Hall–Kier alpha value is -3.59. The molecule has 3 rings (SSSR count). The highest BCUT2D eigenvalue weighted by molar-refractivity contribution is 5.76. The van der Waals surface area contributed by atoms with Gasteiger partial charge in [-0.2, -0.15) is 10.4 Å². The van der Waals surface area contributed by atoms with Gasteiger partial charge in [0.15, 0.2) is 0 Å². The second-order valence-electron chi connectivity index (χ2n) is 7.48. The van der Waals surface area contributed by atoms with E-state index in [0.717, 1.165) is 33.8 Å². The minimum absolute atomic E-state index is 0.000758. The summed E-state index contributed by atoms with van der Waals surface area (Å²) in [6.45, 7) is 5.49. The lowest BCUT2D eigenvalue weighted by Gasteiger charge is -2.09. The molecule has 160 valence electrons. The summed E-state index contributed by atoms with van der Waals surface area (Å²) >= 11 is 0. The van der Waals surface area contributed by atoms with Crippen molar-refractivity contribution in [3.05, 3.63) is 82.7 Å². The van der Waals surface area contributed by atoms with Gasteiger partial charge in [-0.1, -0.05) is 42.5 Å². The molecule has 1 N–H and O–H groups in total. The maximum Gasteiger partial charge on any atom is 0.220 e. The molecule has 0 unspecified atom stereocenters. The quantitative estimate of drug-likeness (QED) is 0.536. The highest BCUT2D eigenvalue weighted by Crippen LogP contribution is 2.17. The Morgan fingerprint density at radius 3 is 2.68 bits per heavy atom. The Bertz CT molecular complexity index is 1050. The molecule has 0 saturated heterocycles. The van der Waals surface area contributed by atoms with E-state index in [-0.39, 0.29) is 5.91 Å². The maximum atomic E-state index is 12.4. The molecular formula is C25H28N4O2. The van der Waals surface area contributed by atoms with E-state index in [1.165, 1.54) is 0 Å². The number of nitrogens with one attached hydrogen (secondary N) is 1. The average molecular weight is 417 g/mol. The Morgan fingerprint density at radius 1 is 1.13 bits per heavy atom. The number of nitrogens with zero attached hydrogens (tertiary/aromatic N) is 3. The number of ether oxygens (including phenoxy) is 1. The Balaban J connectivity index is 1.48. The topological polar surface area (TPSA) is 79.9 Å². The van der Waals surface area contributed by atoms with E-state index in [1.54, 1.807) is 0 Å². The van der Waals surface area contributed by atoms with Gasteiger partial charge in [-0.05, 0) is 49.1 Å². The van der Waals surface area contributed by atoms with Crippen LogP contribution >= 0.6 is 0 Å². The number of nitriles is 1. The molecule has 6 heteroatoms. The number of carbonyl (C=O) groups excluding carboxylic acids is 1. The minimum atomic E-state index is -0.000758. The van der Waals surface area contributed by atoms with Crippen LogP contribution in [0.15, 0.2) is 54.6 Å². The molecular weight excluding hydrogens is 388 g/mol. The van der Waals surface area contributed by atoms with E-state index in [1.807, 2.05) is 73.1 Å². The first-order valence-electron chi connectivity index (χ1n) is 10.5. The van der Waals surface area contributed by atoms with Crippen LogP contribution < -0.4 is 10.1 Å². The van der Waals surface area contributed by atoms with E-state index in [4.69, 9.17) is 10.00 Å². The third kappa shape index (κ3) is 6.45. The number of hydrogen-bond donors (Lipinski definition) is 1. The standard InChI is InChI=1S/C25H28N4O2/c1-19-24(20(2)29(28-19)15-7-14-26)12-13-25(30)27-17-22-10-6-11-23(16-22)31-18-21-8-4-3-5-9-21/h3-6,8-11,16H,7,12-13,15,17-18H2,1-2H3,(H,27,30). The minimum Gasteiger partial charge on any atom is -0.489 e. The second-order valence-corrected chi connectivity index (χ2v) is 7.48. The van der Waals surface area contributed by atoms with Crippen molar-refractivity contribution in [1.82, 2.24) is 15.1 Å². The van der Waals surface area contributed by atoms with E-state index in [2.05, 4.69) is 16.5 Å². The van der Waals surface area contributed by atoms with Crippen LogP contribution in [0.2, 0.25) is 0 Å². The van der Waals surface area contributed by atoms with Gasteiger partial charge in [0.2, 0.25) is 5.91 Å². The number of carbonyl (C=O) groups is 1. The van der Waals surface area contributed by atoms with Crippen LogP contribution in [0, 0.1) is 25.2 Å². The Kier molecular flexibility index (Phi) is 7.83. The first-order valence-corrected chi connectivity index (χ1v) is 10.5. The lowest BCUT2D eigenvalue weighted by Crippen LogP contribution is -2.23. The van der Waals surface area contributed by atoms with Gasteiger partial charge in [-0.3, -0.25) is 9.48 Å². The lowest BCUT2D eigenvalue weighted by molar-refractivity contribution is -0.121. The normalized spacial score (nSPS) is 10.5. The summed E-state index contributed by atoms with van der Waals surface area (Å²) in [4.78, 5) is 12.4. The van der Waals surface area contributed by atoms with Crippen LogP contribution in [0.5, 0.6) is 5.75 Å². The second kappa shape index (κ2) is 11.0. The van der Waals surface area contributed by atoms with Crippen LogP contribution in [0.3, 0.4) is 0 Å². The van der Waals surface area contributed by atoms with Crippen LogP contribution in [-0.2, 0) is 30.9 Å². The summed E-state index contributed by atoms with van der Waals surface area (Å²) in [5.41, 5.74) is 5.15. The summed E-state index contributed by atoms with van der Waals surface area (Å²) in [6.07, 6.45) is 1.46. The van der Waals surface area contributed by atoms with Crippen molar-refractivity contribution in [3.8, 4) is 11.8 Å². The molecule has 0 atom stereocenters. The Labute approximate surface area is 183 Å². The molecule has 0 bridgehead atoms. The smallest absolute Gasteiger partial charge is 0.220 e. The van der Waals surface area contributed by atoms with Crippen LogP contribution in [0.1, 0.15) is 40.9 Å². The zero-order valence-electron chi connectivity index (χ0n) is 18.1. The maximum absolute atomic E-state index is 12.4. The molecule has 0 saturated carbocycles. The molecule has 0 aliphatic carbocycles. The van der Waals surface area contributed by atoms with Crippen molar-refractivity contribution in [1.29, 1.82) is 5.26 Å². The summed E-state index contributed by atoms with van der Waals surface area (Å²) in [7, 11) is 0. The molecule has 31 heavy (non-hydrogen) atoms. The number of rotatable bonds is 10. The van der Waals surface area contributed by atoms with E-state index in [0.29, 0.717) is 39.0 Å². The van der Waals surface area contributed by atoms with Crippen molar-refractivity contribution in [2.45, 2.75) is 52.8 Å². The number of aromatic nitrogens is 2. The SMILES string of the molecule is Cc1nn(CCC#N)c(C)c1CCC(=O)NCc1cccc(OCc2ccccc2)c1. The van der Waals surface area contributed by atoms with Gasteiger partial charge in [-0.15, -0.1) is 0 Å². The molecule has 1 aromatic heterocycles. The predicted octanol–water partition coefficient (Wildman–Crippen LogP) is 4.24. The van der Waals surface area contributed by atoms with E-state index < -0.39 is 0 Å². The first kappa shape index (κ1) is 22.1.